The molecule has 114 valence electrons. The van der Waals surface area contributed by atoms with Crippen molar-refractivity contribution in [1.29, 1.82) is 0 Å². The van der Waals surface area contributed by atoms with Gasteiger partial charge in [-0.1, -0.05) is 19.1 Å². The fourth-order valence-electron chi connectivity index (χ4n) is 2.22. The Morgan fingerprint density at radius 1 is 1.24 bits per heavy atom. The van der Waals surface area contributed by atoms with Gasteiger partial charge in [0.05, 0.1) is 5.52 Å². The van der Waals surface area contributed by atoms with Crippen LogP contribution < -0.4 is 10.2 Å². The number of nitrogens with zero attached hydrogens (tertiary/aromatic N) is 3. The number of methoxy groups -OCH3 is 1. The van der Waals surface area contributed by atoms with Crippen molar-refractivity contribution >= 4 is 22.7 Å². The minimum Gasteiger partial charge on any atom is -0.385 e. The van der Waals surface area contributed by atoms with E-state index in [1.807, 2.05) is 18.2 Å². The maximum atomic E-state index is 5.12. The highest BCUT2D eigenvalue weighted by atomic mass is 16.5. The average Bonchev–Trinajstić information content (AvgIpc) is 2.52. The maximum Gasteiger partial charge on any atom is 0.225 e. The highest BCUT2D eigenvalue weighted by Crippen LogP contribution is 2.24. The molecular formula is C16H24N4O. The van der Waals surface area contributed by atoms with Crippen LogP contribution in [-0.2, 0) is 4.74 Å². The fraction of sp³-hybridized carbons (Fsp3) is 0.500. The molecule has 1 heterocycles. The molecule has 0 aliphatic rings. The van der Waals surface area contributed by atoms with Gasteiger partial charge in [-0.25, -0.2) is 4.98 Å². The van der Waals surface area contributed by atoms with Crippen LogP contribution >= 0.6 is 0 Å². The zero-order valence-corrected chi connectivity index (χ0v) is 13.1. The molecule has 0 aliphatic carbocycles. The zero-order chi connectivity index (χ0) is 15.1. The Kier molecular flexibility index (Phi) is 5.75. The van der Waals surface area contributed by atoms with E-state index in [2.05, 4.69) is 40.2 Å². The van der Waals surface area contributed by atoms with Gasteiger partial charge in [0, 0.05) is 39.2 Å². The summed E-state index contributed by atoms with van der Waals surface area (Å²) in [6.45, 7) is 4.67. The van der Waals surface area contributed by atoms with Gasteiger partial charge < -0.3 is 15.0 Å². The maximum absolute atomic E-state index is 5.12. The number of benzene rings is 1. The Labute approximate surface area is 126 Å². The van der Waals surface area contributed by atoms with Crippen LogP contribution in [0.15, 0.2) is 24.3 Å². The summed E-state index contributed by atoms with van der Waals surface area (Å²) < 4.78 is 5.12. The van der Waals surface area contributed by atoms with Gasteiger partial charge in [0.15, 0.2) is 0 Å². The molecule has 0 fully saturated rings. The Morgan fingerprint density at radius 2 is 2.05 bits per heavy atom. The number of ether oxygens (including phenoxy) is 1. The van der Waals surface area contributed by atoms with E-state index >= 15 is 0 Å². The molecule has 0 atom stereocenters. The quantitative estimate of drug-likeness (QED) is 0.757. The lowest BCUT2D eigenvalue weighted by molar-refractivity contribution is 0.196. The van der Waals surface area contributed by atoms with Crippen LogP contribution in [0.25, 0.3) is 10.9 Å². The molecule has 5 nitrogen and oxygen atoms in total. The number of hydrogen-bond acceptors (Lipinski definition) is 5. The lowest BCUT2D eigenvalue weighted by atomic mass is 10.2. The second-order valence-corrected chi connectivity index (χ2v) is 5.08. The number of nitrogens with one attached hydrogen (secondary N) is 1. The SMILES string of the molecule is CCCNc1nc(N(C)CCCOC)c2ccccc2n1. The van der Waals surface area contributed by atoms with Crippen LogP contribution in [-0.4, -0.2) is 43.8 Å². The van der Waals surface area contributed by atoms with Gasteiger partial charge in [0.1, 0.15) is 5.82 Å². The Hall–Kier alpha value is -1.88. The number of fused-ring (bicyclic) bond motifs is 1. The molecule has 1 aromatic heterocycles. The van der Waals surface area contributed by atoms with E-state index in [1.54, 1.807) is 7.11 Å². The summed E-state index contributed by atoms with van der Waals surface area (Å²) in [4.78, 5) is 11.4. The van der Waals surface area contributed by atoms with E-state index in [4.69, 9.17) is 4.74 Å². The van der Waals surface area contributed by atoms with Gasteiger partial charge in [0.2, 0.25) is 5.95 Å². The molecule has 1 aromatic carbocycles. The van der Waals surface area contributed by atoms with Crippen molar-refractivity contribution in [2.45, 2.75) is 19.8 Å². The lowest BCUT2D eigenvalue weighted by Gasteiger charge is -2.20. The van der Waals surface area contributed by atoms with E-state index in [0.717, 1.165) is 49.3 Å². The highest BCUT2D eigenvalue weighted by Gasteiger charge is 2.11. The predicted molar refractivity (Wildman–Crippen MR) is 88.1 cm³/mol. The van der Waals surface area contributed by atoms with Gasteiger partial charge in [-0.05, 0) is 25.0 Å². The predicted octanol–water partition coefficient (Wildman–Crippen LogP) is 2.92. The first-order chi connectivity index (χ1) is 10.3. The van der Waals surface area contributed by atoms with E-state index in [0.29, 0.717) is 5.95 Å². The van der Waals surface area contributed by atoms with Gasteiger partial charge in [-0.15, -0.1) is 0 Å². The Balaban J connectivity index is 2.29. The molecule has 5 heteroatoms. The Morgan fingerprint density at radius 3 is 2.81 bits per heavy atom. The van der Waals surface area contributed by atoms with E-state index < -0.39 is 0 Å². The first kappa shape index (κ1) is 15.5. The topological polar surface area (TPSA) is 50.3 Å². The zero-order valence-electron chi connectivity index (χ0n) is 13.1. The smallest absolute Gasteiger partial charge is 0.225 e. The van der Waals surface area contributed by atoms with Crippen molar-refractivity contribution in [3.8, 4) is 0 Å². The summed E-state index contributed by atoms with van der Waals surface area (Å²) in [5.74, 6) is 1.67. The first-order valence-corrected chi connectivity index (χ1v) is 7.47. The molecule has 0 saturated heterocycles. The van der Waals surface area contributed by atoms with Gasteiger partial charge in [-0.2, -0.15) is 4.98 Å². The van der Waals surface area contributed by atoms with Crippen LogP contribution in [0.3, 0.4) is 0 Å². The number of anilines is 2. The minimum atomic E-state index is 0.698. The average molecular weight is 288 g/mol. The largest absolute Gasteiger partial charge is 0.385 e. The molecule has 0 unspecified atom stereocenters. The van der Waals surface area contributed by atoms with Crippen molar-refractivity contribution < 1.29 is 4.74 Å². The summed E-state index contributed by atoms with van der Waals surface area (Å²) in [6.07, 6.45) is 2.03. The normalized spacial score (nSPS) is 10.8. The molecule has 0 radical (unpaired) electrons. The van der Waals surface area contributed by atoms with Crippen molar-refractivity contribution in [2.75, 3.05) is 44.1 Å². The van der Waals surface area contributed by atoms with Crippen LogP contribution in [0.4, 0.5) is 11.8 Å². The number of hydrogen-bond donors (Lipinski definition) is 1. The van der Waals surface area contributed by atoms with E-state index in [9.17, 15) is 0 Å². The third kappa shape index (κ3) is 4.04. The van der Waals surface area contributed by atoms with Gasteiger partial charge >= 0.3 is 0 Å². The molecule has 1 N–H and O–H groups in total. The summed E-state index contributed by atoms with van der Waals surface area (Å²) >= 11 is 0. The monoisotopic (exact) mass is 288 g/mol. The van der Waals surface area contributed by atoms with Gasteiger partial charge in [-0.3, -0.25) is 0 Å². The Bertz CT molecular complexity index is 573. The summed E-state index contributed by atoms with van der Waals surface area (Å²) in [5.41, 5.74) is 0.972. The molecular weight excluding hydrogens is 264 g/mol. The number of para-hydroxylation sites is 1. The molecule has 0 spiro atoms. The van der Waals surface area contributed by atoms with Crippen molar-refractivity contribution in [2.24, 2.45) is 0 Å². The van der Waals surface area contributed by atoms with E-state index in [1.165, 1.54) is 0 Å². The summed E-state index contributed by atoms with van der Waals surface area (Å²) in [5, 5.41) is 4.36. The van der Waals surface area contributed by atoms with Crippen molar-refractivity contribution in [3.05, 3.63) is 24.3 Å². The van der Waals surface area contributed by atoms with Crippen molar-refractivity contribution in [3.63, 3.8) is 0 Å². The minimum absolute atomic E-state index is 0.698. The first-order valence-electron chi connectivity index (χ1n) is 7.47. The lowest BCUT2D eigenvalue weighted by Crippen LogP contribution is -2.22. The van der Waals surface area contributed by atoms with Gasteiger partial charge in [0.25, 0.3) is 0 Å². The second kappa shape index (κ2) is 7.78. The van der Waals surface area contributed by atoms with Crippen LogP contribution in [0.5, 0.6) is 0 Å². The van der Waals surface area contributed by atoms with Crippen molar-refractivity contribution in [1.82, 2.24) is 9.97 Å². The molecule has 0 amide bonds. The highest BCUT2D eigenvalue weighted by molar-refractivity contribution is 5.90. The third-order valence-corrected chi connectivity index (χ3v) is 3.32. The standard InChI is InChI=1S/C16H24N4O/c1-4-10-17-16-18-14-9-6-5-8-13(14)15(19-16)20(2)11-7-12-21-3/h5-6,8-9H,4,7,10-12H2,1-3H3,(H,17,18,19). The molecule has 0 aliphatic heterocycles. The van der Waals surface area contributed by atoms with Crippen LogP contribution in [0.2, 0.25) is 0 Å². The molecule has 0 bridgehead atoms. The molecule has 2 aromatic rings. The van der Waals surface area contributed by atoms with Crippen LogP contribution in [0, 0.1) is 0 Å². The number of aromatic nitrogens is 2. The summed E-state index contributed by atoms with van der Waals surface area (Å²) in [6, 6.07) is 8.13. The third-order valence-electron chi connectivity index (χ3n) is 3.32. The summed E-state index contributed by atoms with van der Waals surface area (Å²) in [7, 11) is 3.79. The molecule has 0 saturated carbocycles. The second-order valence-electron chi connectivity index (χ2n) is 5.08. The fourth-order valence-corrected chi connectivity index (χ4v) is 2.22. The number of rotatable bonds is 8. The molecule has 2 rings (SSSR count). The van der Waals surface area contributed by atoms with E-state index in [-0.39, 0.29) is 0 Å². The molecule has 21 heavy (non-hydrogen) atoms. The van der Waals surface area contributed by atoms with Crippen LogP contribution in [0.1, 0.15) is 19.8 Å².